The van der Waals surface area contributed by atoms with Gasteiger partial charge < -0.3 is 52.6 Å². The van der Waals surface area contributed by atoms with Crippen LogP contribution < -0.4 is 0 Å². The zero-order chi connectivity index (χ0) is 36.6. The summed E-state index contributed by atoms with van der Waals surface area (Å²) in [5.41, 5.74) is 2.17. The lowest BCUT2D eigenvalue weighted by atomic mass is 9.81. The SMILES string of the molecule is [C-]#[N+]CC(O)CC1OC2CC3OC(CCC4OC(CCC56CC7OC8C(O5)C5OC(CCC5O[C@H]8C7O6)CC(=O)CC2C1OC)CC4=C)CC(C)C3=C. The molecular formula is C41H57NO11. The molecule has 10 heterocycles. The van der Waals surface area contributed by atoms with E-state index in [1.54, 1.807) is 7.11 Å². The van der Waals surface area contributed by atoms with Crippen LogP contribution >= 0.6 is 0 Å². The summed E-state index contributed by atoms with van der Waals surface area (Å²) in [4.78, 5) is 17.5. The van der Waals surface area contributed by atoms with Crippen LogP contribution in [0, 0.1) is 18.4 Å². The normalized spacial score (nSPS) is 51.4. The van der Waals surface area contributed by atoms with E-state index in [-0.39, 0.29) is 123 Å². The fourth-order valence-corrected chi connectivity index (χ4v) is 11.4. The van der Waals surface area contributed by atoms with Crippen LogP contribution in [0.25, 0.3) is 4.85 Å². The van der Waals surface area contributed by atoms with Crippen LogP contribution in [0.4, 0.5) is 0 Å². The molecule has 12 heteroatoms. The predicted molar refractivity (Wildman–Crippen MR) is 189 cm³/mol. The Balaban J connectivity index is 0.992. The molecule has 292 valence electrons. The molecule has 0 aliphatic carbocycles. The minimum atomic E-state index is -0.847. The maximum absolute atomic E-state index is 14.1. The molecule has 12 bridgehead atoms. The Morgan fingerprint density at radius 2 is 1.58 bits per heavy atom. The van der Waals surface area contributed by atoms with E-state index < -0.39 is 24.1 Å². The molecule has 10 saturated heterocycles. The number of aliphatic hydroxyl groups is 1. The van der Waals surface area contributed by atoms with Gasteiger partial charge >= 0.3 is 0 Å². The van der Waals surface area contributed by atoms with Crippen LogP contribution in [0.3, 0.4) is 0 Å². The Bertz CT molecular complexity index is 1470. The van der Waals surface area contributed by atoms with E-state index in [4.69, 9.17) is 49.2 Å². The lowest BCUT2D eigenvalue weighted by molar-refractivity contribution is -0.292. The molecule has 10 rings (SSSR count). The maximum atomic E-state index is 14.1. The van der Waals surface area contributed by atoms with Gasteiger partial charge in [0.2, 0.25) is 6.54 Å². The number of carbonyl (C=O) groups is 1. The van der Waals surface area contributed by atoms with Gasteiger partial charge in [-0.3, -0.25) is 4.79 Å². The summed E-state index contributed by atoms with van der Waals surface area (Å²) in [5, 5.41) is 10.6. The zero-order valence-corrected chi connectivity index (χ0v) is 31.2. The summed E-state index contributed by atoms with van der Waals surface area (Å²) in [6, 6.07) is 0. The van der Waals surface area contributed by atoms with Crippen molar-refractivity contribution in [3.05, 3.63) is 35.7 Å². The number of ketones is 1. The van der Waals surface area contributed by atoms with Crippen molar-refractivity contribution in [3.63, 3.8) is 0 Å². The van der Waals surface area contributed by atoms with Crippen molar-refractivity contribution in [2.75, 3.05) is 13.7 Å². The molecule has 0 radical (unpaired) electrons. The molecule has 1 N–H and O–H groups in total. The highest BCUT2D eigenvalue weighted by Gasteiger charge is 2.68. The van der Waals surface area contributed by atoms with E-state index in [1.807, 2.05) is 0 Å². The van der Waals surface area contributed by atoms with Crippen molar-refractivity contribution in [2.45, 2.75) is 194 Å². The van der Waals surface area contributed by atoms with Crippen molar-refractivity contribution in [1.29, 1.82) is 0 Å². The minimum Gasteiger partial charge on any atom is -0.385 e. The van der Waals surface area contributed by atoms with E-state index in [9.17, 15) is 9.90 Å². The third kappa shape index (κ3) is 6.89. The Morgan fingerprint density at radius 3 is 2.42 bits per heavy atom. The van der Waals surface area contributed by atoms with E-state index in [1.165, 1.54) is 0 Å². The smallest absolute Gasteiger partial charge is 0.240 e. The molecule has 0 aromatic carbocycles. The Morgan fingerprint density at radius 1 is 0.830 bits per heavy atom. The number of aliphatic hydroxyl groups excluding tert-OH is 1. The third-order valence-corrected chi connectivity index (χ3v) is 14.0. The van der Waals surface area contributed by atoms with Crippen molar-refractivity contribution in [2.24, 2.45) is 11.8 Å². The van der Waals surface area contributed by atoms with Gasteiger partial charge in [-0.05, 0) is 62.0 Å². The average Bonchev–Trinajstić information content (AvgIpc) is 3.80. The molecule has 10 aliphatic heterocycles. The van der Waals surface area contributed by atoms with E-state index in [0.717, 1.165) is 49.7 Å². The predicted octanol–water partition coefficient (Wildman–Crippen LogP) is 4.40. The molecular weight excluding hydrogens is 682 g/mol. The molecule has 0 saturated carbocycles. The summed E-state index contributed by atoms with van der Waals surface area (Å²) >= 11 is 0. The van der Waals surface area contributed by atoms with Gasteiger partial charge in [0, 0.05) is 51.6 Å². The fourth-order valence-electron chi connectivity index (χ4n) is 11.4. The number of rotatable bonds is 4. The average molecular weight is 740 g/mol. The van der Waals surface area contributed by atoms with Crippen LogP contribution in [0.15, 0.2) is 24.3 Å². The number of hydrogen-bond donors (Lipinski definition) is 1. The first kappa shape index (κ1) is 36.9. The number of nitrogens with zero attached hydrogens (tertiary/aromatic N) is 1. The van der Waals surface area contributed by atoms with Gasteiger partial charge in [0.05, 0.1) is 61.0 Å². The van der Waals surface area contributed by atoms with E-state index in [0.29, 0.717) is 25.7 Å². The highest BCUT2D eigenvalue weighted by atomic mass is 16.8. The molecule has 10 fully saturated rings. The largest absolute Gasteiger partial charge is 0.385 e. The van der Waals surface area contributed by atoms with Crippen LogP contribution in [0.2, 0.25) is 0 Å². The molecule has 0 amide bonds. The van der Waals surface area contributed by atoms with Crippen molar-refractivity contribution in [3.8, 4) is 0 Å². The van der Waals surface area contributed by atoms with Gasteiger partial charge in [0.1, 0.15) is 42.4 Å². The molecule has 0 aromatic rings. The quantitative estimate of drug-likeness (QED) is 0.326. The van der Waals surface area contributed by atoms with E-state index in [2.05, 4.69) is 24.9 Å². The molecule has 19 atom stereocenters. The van der Waals surface area contributed by atoms with Crippen molar-refractivity contribution < 1.29 is 52.5 Å². The first-order chi connectivity index (χ1) is 25.6. The van der Waals surface area contributed by atoms with Crippen molar-refractivity contribution >= 4 is 5.78 Å². The second kappa shape index (κ2) is 14.6. The maximum Gasteiger partial charge on any atom is 0.240 e. The lowest BCUT2D eigenvalue weighted by Crippen LogP contribution is -2.61. The first-order valence-electron chi connectivity index (χ1n) is 20.3. The highest BCUT2D eigenvalue weighted by Crippen LogP contribution is 2.54. The Hall–Kier alpha value is -1.76. The van der Waals surface area contributed by atoms with Gasteiger partial charge in [-0.2, -0.15) is 0 Å². The Labute approximate surface area is 312 Å². The van der Waals surface area contributed by atoms with Gasteiger partial charge in [-0.15, -0.1) is 0 Å². The molecule has 1 spiro atoms. The number of ether oxygens (including phenoxy) is 9. The molecule has 12 nitrogen and oxygen atoms in total. The number of carbonyl (C=O) groups excluding carboxylic acids is 1. The van der Waals surface area contributed by atoms with Crippen LogP contribution in [0.1, 0.15) is 90.4 Å². The van der Waals surface area contributed by atoms with Gasteiger partial charge in [0.25, 0.3) is 0 Å². The molecule has 18 unspecified atom stereocenters. The van der Waals surface area contributed by atoms with E-state index >= 15 is 0 Å². The van der Waals surface area contributed by atoms with Crippen LogP contribution in [-0.2, 0) is 47.4 Å². The second-order valence-corrected chi connectivity index (χ2v) is 17.5. The summed E-state index contributed by atoms with van der Waals surface area (Å²) in [7, 11) is 1.64. The summed E-state index contributed by atoms with van der Waals surface area (Å²) in [6.07, 6.45) is 4.19. The second-order valence-electron chi connectivity index (χ2n) is 17.5. The van der Waals surface area contributed by atoms with Crippen LogP contribution in [0.5, 0.6) is 0 Å². The minimum absolute atomic E-state index is 0.0129. The molecule has 53 heavy (non-hydrogen) atoms. The summed E-state index contributed by atoms with van der Waals surface area (Å²) in [6.45, 7) is 18.4. The number of methoxy groups -OCH3 is 1. The third-order valence-electron chi connectivity index (χ3n) is 14.0. The fraction of sp³-hybridized carbons (Fsp3) is 0.854. The highest BCUT2D eigenvalue weighted by molar-refractivity contribution is 5.79. The number of Topliss-reactive ketones (excluding diaryl/α,β-unsaturated/α-hetero) is 1. The van der Waals surface area contributed by atoms with Gasteiger partial charge in [-0.25, -0.2) is 6.57 Å². The summed E-state index contributed by atoms with van der Waals surface area (Å²) < 4.78 is 60.0. The van der Waals surface area contributed by atoms with Crippen LogP contribution in [-0.4, -0.2) is 128 Å². The number of fused-ring (bicyclic) bond motifs is 6. The van der Waals surface area contributed by atoms with Gasteiger partial charge in [-0.1, -0.05) is 20.1 Å². The number of hydrogen-bond acceptors (Lipinski definition) is 11. The monoisotopic (exact) mass is 739 g/mol. The topological polar surface area (TPSA) is 125 Å². The standard InChI is InChI=1S/C41H57NO11/c1-20-12-25-6-8-29-21(2)13-27(46-29)10-11-41-18-34-37(52-41)38-39(51-34)40(53-41)36-30(50-38)9-7-26(48-36)14-23(43)15-28-32(17-31(47-25)22(20)3)49-33(35(28)45-5)16-24(44)19-42-4/h20,24-40,44H,2-3,6-19H2,1,5H3/t20?,24?,25?,26?,27?,28?,29?,30?,31?,32?,33?,34?,35?,36?,37?,38-,39?,40?,41?/m0/s1. The summed E-state index contributed by atoms with van der Waals surface area (Å²) in [5.74, 6) is -0.704. The molecule has 10 aliphatic rings. The van der Waals surface area contributed by atoms with Gasteiger partial charge in [0.15, 0.2) is 5.79 Å². The zero-order valence-electron chi connectivity index (χ0n) is 31.2. The first-order valence-corrected chi connectivity index (χ1v) is 20.3. The Kier molecular flexibility index (Phi) is 10.2. The molecule has 0 aromatic heterocycles. The lowest BCUT2D eigenvalue weighted by Gasteiger charge is -2.47. The van der Waals surface area contributed by atoms with Crippen molar-refractivity contribution in [1.82, 2.24) is 0 Å².